The Kier molecular flexibility index (Phi) is 4.42. The molecule has 0 radical (unpaired) electrons. The van der Waals surface area contributed by atoms with Crippen molar-refractivity contribution in [1.29, 1.82) is 0 Å². The van der Waals surface area contributed by atoms with Crippen LogP contribution in [-0.2, 0) is 11.3 Å². The number of rotatable bonds is 3. The number of carbonyl (C=O) groups is 1. The topological polar surface area (TPSA) is 71.3 Å². The first-order valence-electron chi connectivity index (χ1n) is 7.17. The van der Waals surface area contributed by atoms with Crippen molar-refractivity contribution in [3.63, 3.8) is 0 Å². The van der Waals surface area contributed by atoms with E-state index in [0.717, 1.165) is 25.9 Å². The Morgan fingerprint density at radius 2 is 2.25 bits per heavy atom. The molecule has 0 bridgehead atoms. The Morgan fingerprint density at radius 1 is 1.50 bits per heavy atom. The van der Waals surface area contributed by atoms with E-state index in [2.05, 4.69) is 20.4 Å². The Balaban J connectivity index is 1.90. The van der Waals surface area contributed by atoms with E-state index in [1.165, 1.54) is 0 Å². The van der Waals surface area contributed by atoms with Gasteiger partial charge in [-0.2, -0.15) is 4.98 Å². The quantitative estimate of drug-likeness (QED) is 0.908. The van der Waals surface area contributed by atoms with Crippen molar-refractivity contribution in [3.8, 4) is 0 Å². The Bertz CT molecular complexity index is 464. The van der Waals surface area contributed by atoms with Gasteiger partial charge in [-0.15, -0.1) is 0 Å². The molecular formula is C14H24N4O2. The van der Waals surface area contributed by atoms with Gasteiger partial charge in [-0.1, -0.05) is 5.16 Å². The molecule has 112 valence electrons. The van der Waals surface area contributed by atoms with Crippen molar-refractivity contribution >= 4 is 5.91 Å². The predicted octanol–water partition coefficient (Wildman–Crippen LogP) is 1.50. The molecule has 1 aliphatic heterocycles. The summed E-state index contributed by atoms with van der Waals surface area (Å²) in [5, 5.41) is 6.85. The number of carbonyl (C=O) groups excluding carboxylic acids is 1. The van der Waals surface area contributed by atoms with Gasteiger partial charge in [0.1, 0.15) is 0 Å². The first-order chi connectivity index (χ1) is 9.33. The van der Waals surface area contributed by atoms with Crippen LogP contribution in [0.15, 0.2) is 4.52 Å². The van der Waals surface area contributed by atoms with Gasteiger partial charge in [0.25, 0.3) is 0 Å². The van der Waals surface area contributed by atoms with Crippen molar-refractivity contribution < 1.29 is 9.32 Å². The number of nitrogens with zero attached hydrogens (tertiary/aromatic N) is 3. The maximum absolute atomic E-state index is 12.2. The highest BCUT2D eigenvalue weighted by atomic mass is 16.5. The van der Waals surface area contributed by atoms with Crippen molar-refractivity contribution in [1.82, 2.24) is 20.4 Å². The van der Waals surface area contributed by atoms with E-state index in [0.29, 0.717) is 18.3 Å². The summed E-state index contributed by atoms with van der Waals surface area (Å²) in [6.07, 6.45) is 1.97. The summed E-state index contributed by atoms with van der Waals surface area (Å²) in [4.78, 5) is 18.7. The zero-order valence-corrected chi connectivity index (χ0v) is 12.8. The summed E-state index contributed by atoms with van der Waals surface area (Å²) in [5.74, 6) is 1.47. The summed E-state index contributed by atoms with van der Waals surface area (Å²) in [5.41, 5.74) is -0.178. The molecule has 1 aliphatic rings. The zero-order chi connectivity index (χ0) is 14.8. The molecule has 0 spiro atoms. The van der Waals surface area contributed by atoms with Crippen molar-refractivity contribution in [2.45, 2.75) is 52.6 Å². The third-order valence-electron chi connectivity index (χ3n) is 3.30. The number of likely N-dealkylation sites (tertiary alicyclic amines) is 1. The van der Waals surface area contributed by atoms with Crippen LogP contribution in [0.1, 0.15) is 45.3 Å². The summed E-state index contributed by atoms with van der Waals surface area (Å²) in [6, 6.07) is 0. The van der Waals surface area contributed by atoms with Crippen LogP contribution in [0.5, 0.6) is 0 Å². The number of piperidine rings is 1. The Labute approximate surface area is 119 Å². The van der Waals surface area contributed by atoms with Gasteiger partial charge in [0.15, 0.2) is 5.82 Å². The molecule has 20 heavy (non-hydrogen) atoms. The summed E-state index contributed by atoms with van der Waals surface area (Å²) >= 11 is 0. The van der Waals surface area contributed by atoms with Crippen LogP contribution >= 0.6 is 0 Å². The van der Waals surface area contributed by atoms with Gasteiger partial charge in [0.2, 0.25) is 11.8 Å². The third kappa shape index (κ3) is 4.30. The molecular weight excluding hydrogens is 256 g/mol. The van der Waals surface area contributed by atoms with Crippen LogP contribution in [-0.4, -0.2) is 39.6 Å². The second-order valence-corrected chi connectivity index (χ2v) is 6.55. The average Bonchev–Trinajstić information content (AvgIpc) is 2.73. The maximum atomic E-state index is 12.2. The normalized spacial score (nSPS) is 20.9. The van der Waals surface area contributed by atoms with E-state index in [4.69, 9.17) is 4.52 Å². The summed E-state index contributed by atoms with van der Waals surface area (Å²) in [7, 11) is 0. The summed E-state index contributed by atoms with van der Waals surface area (Å²) in [6.45, 7) is 10.2. The Morgan fingerprint density at radius 3 is 2.85 bits per heavy atom. The molecule has 2 heterocycles. The third-order valence-corrected chi connectivity index (χ3v) is 3.30. The molecule has 1 aromatic rings. The SMILES string of the molecule is Cc1noc(CN2CCCC(C(=O)NC(C)(C)C)C2)n1. The molecule has 2 rings (SSSR count). The zero-order valence-electron chi connectivity index (χ0n) is 12.8. The highest BCUT2D eigenvalue weighted by Gasteiger charge is 2.28. The van der Waals surface area contributed by atoms with Gasteiger partial charge >= 0.3 is 0 Å². The highest BCUT2D eigenvalue weighted by Crippen LogP contribution is 2.19. The first kappa shape index (κ1) is 15.0. The van der Waals surface area contributed by atoms with Gasteiger partial charge in [-0.3, -0.25) is 9.69 Å². The molecule has 1 amide bonds. The molecule has 0 aromatic carbocycles. The van der Waals surface area contributed by atoms with E-state index in [-0.39, 0.29) is 17.4 Å². The minimum absolute atomic E-state index is 0.0481. The largest absolute Gasteiger partial charge is 0.351 e. The number of nitrogens with one attached hydrogen (secondary N) is 1. The van der Waals surface area contributed by atoms with Crippen LogP contribution < -0.4 is 5.32 Å². The number of aryl methyl sites for hydroxylation is 1. The lowest BCUT2D eigenvalue weighted by molar-refractivity contribution is -0.128. The van der Waals surface area contributed by atoms with E-state index in [9.17, 15) is 4.79 Å². The first-order valence-corrected chi connectivity index (χ1v) is 7.17. The maximum Gasteiger partial charge on any atom is 0.240 e. The fourth-order valence-corrected chi connectivity index (χ4v) is 2.48. The van der Waals surface area contributed by atoms with Crippen LogP contribution in [0.3, 0.4) is 0 Å². The van der Waals surface area contributed by atoms with Crippen LogP contribution in [0, 0.1) is 12.8 Å². The van der Waals surface area contributed by atoms with Crippen LogP contribution in [0.4, 0.5) is 0 Å². The molecule has 0 saturated carbocycles. The van der Waals surface area contributed by atoms with E-state index in [1.54, 1.807) is 0 Å². The molecule has 1 saturated heterocycles. The molecule has 1 atom stereocenters. The fourth-order valence-electron chi connectivity index (χ4n) is 2.48. The lowest BCUT2D eigenvalue weighted by Gasteiger charge is -2.32. The lowest BCUT2D eigenvalue weighted by atomic mass is 9.95. The van der Waals surface area contributed by atoms with E-state index < -0.39 is 0 Å². The van der Waals surface area contributed by atoms with Crippen LogP contribution in [0.25, 0.3) is 0 Å². The van der Waals surface area contributed by atoms with Gasteiger partial charge in [-0.25, -0.2) is 0 Å². The molecule has 1 fully saturated rings. The molecule has 1 aromatic heterocycles. The molecule has 1 unspecified atom stereocenters. The van der Waals surface area contributed by atoms with Crippen molar-refractivity contribution in [3.05, 3.63) is 11.7 Å². The molecule has 6 heteroatoms. The van der Waals surface area contributed by atoms with Gasteiger partial charge in [0, 0.05) is 12.1 Å². The number of aromatic nitrogens is 2. The van der Waals surface area contributed by atoms with Gasteiger partial charge in [-0.05, 0) is 47.1 Å². The minimum Gasteiger partial charge on any atom is -0.351 e. The standard InChI is InChI=1S/C14H24N4O2/c1-10-15-12(20-17-10)9-18-7-5-6-11(8-18)13(19)16-14(2,3)4/h11H,5-9H2,1-4H3,(H,16,19). The lowest BCUT2D eigenvalue weighted by Crippen LogP contribution is -2.48. The minimum atomic E-state index is -0.178. The fraction of sp³-hybridized carbons (Fsp3) is 0.786. The van der Waals surface area contributed by atoms with E-state index in [1.807, 2.05) is 27.7 Å². The average molecular weight is 280 g/mol. The van der Waals surface area contributed by atoms with Gasteiger partial charge in [0.05, 0.1) is 12.5 Å². The van der Waals surface area contributed by atoms with Crippen molar-refractivity contribution in [2.24, 2.45) is 5.92 Å². The number of amides is 1. The van der Waals surface area contributed by atoms with Gasteiger partial charge < -0.3 is 9.84 Å². The highest BCUT2D eigenvalue weighted by molar-refractivity contribution is 5.79. The number of hydrogen-bond acceptors (Lipinski definition) is 5. The monoisotopic (exact) mass is 280 g/mol. The van der Waals surface area contributed by atoms with Crippen molar-refractivity contribution in [2.75, 3.05) is 13.1 Å². The second kappa shape index (κ2) is 5.91. The second-order valence-electron chi connectivity index (χ2n) is 6.55. The Hall–Kier alpha value is -1.43. The van der Waals surface area contributed by atoms with Crippen LogP contribution in [0.2, 0.25) is 0 Å². The molecule has 0 aliphatic carbocycles. The van der Waals surface area contributed by atoms with E-state index >= 15 is 0 Å². The predicted molar refractivity (Wildman–Crippen MR) is 74.9 cm³/mol. The smallest absolute Gasteiger partial charge is 0.240 e. The molecule has 6 nitrogen and oxygen atoms in total. The number of hydrogen-bond donors (Lipinski definition) is 1. The molecule has 1 N–H and O–H groups in total. The summed E-state index contributed by atoms with van der Waals surface area (Å²) < 4.78 is 5.14.